The highest BCUT2D eigenvalue weighted by atomic mass is 32.1. The molecule has 0 bridgehead atoms. The van der Waals surface area contributed by atoms with Crippen molar-refractivity contribution >= 4 is 11.3 Å². The SMILES string of the molecule is CCOC[C@H]1COCCC12CCN(Cc1sccc1C)CC2. The van der Waals surface area contributed by atoms with Gasteiger partial charge in [-0.1, -0.05) is 0 Å². The average molecular weight is 324 g/mol. The van der Waals surface area contributed by atoms with E-state index in [4.69, 9.17) is 9.47 Å². The molecule has 2 aliphatic heterocycles. The molecule has 0 aliphatic carbocycles. The van der Waals surface area contributed by atoms with Crippen molar-refractivity contribution in [2.75, 3.05) is 39.5 Å². The molecule has 2 fully saturated rings. The summed E-state index contributed by atoms with van der Waals surface area (Å²) < 4.78 is 11.5. The van der Waals surface area contributed by atoms with Crippen LogP contribution in [0.1, 0.15) is 36.6 Å². The number of hydrogen-bond acceptors (Lipinski definition) is 4. The van der Waals surface area contributed by atoms with Gasteiger partial charge in [0.15, 0.2) is 0 Å². The average Bonchev–Trinajstić information content (AvgIpc) is 2.94. The number of thiophene rings is 1. The first kappa shape index (κ1) is 16.4. The molecule has 22 heavy (non-hydrogen) atoms. The Morgan fingerprint density at radius 2 is 2.18 bits per heavy atom. The van der Waals surface area contributed by atoms with E-state index in [1.165, 1.54) is 42.8 Å². The van der Waals surface area contributed by atoms with Gasteiger partial charge in [0.25, 0.3) is 0 Å². The van der Waals surface area contributed by atoms with E-state index in [2.05, 4.69) is 30.2 Å². The van der Waals surface area contributed by atoms with Crippen LogP contribution in [0.25, 0.3) is 0 Å². The van der Waals surface area contributed by atoms with Gasteiger partial charge in [0.05, 0.1) is 13.2 Å². The Morgan fingerprint density at radius 3 is 2.86 bits per heavy atom. The molecule has 3 heterocycles. The second kappa shape index (κ2) is 7.43. The Kier molecular flexibility index (Phi) is 5.55. The molecule has 4 heteroatoms. The van der Waals surface area contributed by atoms with Gasteiger partial charge in [-0.05, 0) is 68.6 Å². The zero-order valence-corrected chi connectivity index (χ0v) is 14.8. The lowest BCUT2D eigenvalue weighted by Gasteiger charge is -2.49. The summed E-state index contributed by atoms with van der Waals surface area (Å²) in [5.41, 5.74) is 1.92. The lowest BCUT2D eigenvalue weighted by Crippen LogP contribution is -2.49. The number of piperidine rings is 1. The number of ether oxygens (including phenoxy) is 2. The number of rotatable bonds is 5. The zero-order valence-electron chi connectivity index (χ0n) is 14.0. The quantitative estimate of drug-likeness (QED) is 0.824. The summed E-state index contributed by atoms with van der Waals surface area (Å²) in [6, 6.07) is 2.24. The van der Waals surface area contributed by atoms with Gasteiger partial charge in [0.2, 0.25) is 0 Å². The minimum absolute atomic E-state index is 0.467. The first-order valence-corrected chi connectivity index (χ1v) is 9.52. The summed E-state index contributed by atoms with van der Waals surface area (Å²) in [5, 5.41) is 2.21. The summed E-state index contributed by atoms with van der Waals surface area (Å²) >= 11 is 1.90. The highest BCUT2D eigenvalue weighted by Gasteiger charge is 2.43. The van der Waals surface area contributed by atoms with Crippen molar-refractivity contribution in [3.8, 4) is 0 Å². The maximum atomic E-state index is 5.74. The topological polar surface area (TPSA) is 21.7 Å². The van der Waals surface area contributed by atoms with Gasteiger partial charge in [-0.25, -0.2) is 0 Å². The molecule has 3 rings (SSSR count). The van der Waals surface area contributed by atoms with Crippen LogP contribution >= 0.6 is 11.3 Å². The van der Waals surface area contributed by atoms with E-state index < -0.39 is 0 Å². The van der Waals surface area contributed by atoms with Gasteiger partial charge in [0.1, 0.15) is 0 Å². The van der Waals surface area contributed by atoms with E-state index in [9.17, 15) is 0 Å². The van der Waals surface area contributed by atoms with Crippen LogP contribution in [0.3, 0.4) is 0 Å². The Hall–Kier alpha value is -0.420. The fraction of sp³-hybridized carbons (Fsp3) is 0.778. The van der Waals surface area contributed by atoms with E-state index >= 15 is 0 Å². The first-order valence-electron chi connectivity index (χ1n) is 8.64. The fourth-order valence-corrected chi connectivity index (χ4v) is 4.90. The minimum atomic E-state index is 0.467. The van der Waals surface area contributed by atoms with Crippen LogP contribution in [-0.4, -0.2) is 44.4 Å². The predicted octanol–water partition coefficient (Wildman–Crippen LogP) is 3.71. The third-order valence-electron chi connectivity index (χ3n) is 5.64. The van der Waals surface area contributed by atoms with Crippen LogP contribution in [0.4, 0.5) is 0 Å². The van der Waals surface area contributed by atoms with E-state index in [0.717, 1.165) is 33.0 Å². The molecule has 0 radical (unpaired) electrons. The van der Waals surface area contributed by atoms with Crippen molar-refractivity contribution in [1.29, 1.82) is 0 Å². The molecule has 124 valence electrons. The Labute approximate surface area is 138 Å². The van der Waals surface area contributed by atoms with Crippen molar-refractivity contribution < 1.29 is 9.47 Å². The van der Waals surface area contributed by atoms with E-state index in [1.807, 2.05) is 11.3 Å². The minimum Gasteiger partial charge on any atom is -0.381 e. The third-order valence-corrected chi connectivity index (χ3v) is 6.65. The molecule has 0 unspecified atom stereocenters. The summed E-state index contributed by atoms with van der Waals surface area (Å²) in [4.78, 5) is 4.17. The summed E-state index contributed by atoms with van der Waals surface area (Å²) in [5.74, 6) is 0.590. The monoisotopic (exact) mass is 323 g/mol. The van der Waals surface area contributed by atoms with Gasteiger partial charge in [0, 0.05) is 30.6 Å². The van der Waals surface area contributed by atoms with Crippen molar-refractivity contribution in [1.82, 2.24) is 4.90 Å². The molecule has 0 saturated carbocycles. The van der Waals surface area contributed by atoms with Crippen LogP contribution in [0.15, 0.2) is 11.4 Å². The van der Waals surface area contributed by atoms with Crippen molar-refractivity contribution in [2.45, 2.75) is 39.7 Å². The van der Waals surface area contributed by atoms with Crippen molar-refractivity contribution in [3.63, 3.8) is 0 Å². The maximum absolute atomic E-state index is 5.74. The number of hydrogen-bond donors (Lipinski definition) is 0. The fourth-order valence-electron chi connectivity index (χ4n) is 3.95. The Balaban J connectivity index is 1.58. The van der Waals surface area contributed by atoms with Crippen molar-refractivity contribution in [3.05, 3.63) is 21.9 Å². The Morgan fingerprint density at radius 1 is 1.36 bits per heavy atom. The number of likely N-dealkylation sites (tertiary alicyclic amines) is 1. The lowest BCUT2D eigenvalue weighted by molar-refractivity contribution is -0.0992. The van der Waals surface area contributed by atoms with Crippen LogP contribution in [0.2, 0.25) is 0 Å². The third kappa shape index (κ3) is 3.56. The van der Waals surface area contributed by atoms with Gasteiger partial charge in [-0.3, -0.25) is 4.90 Å². The van der Waals surface area contributed by atoms with Crippen LogP contribution in [0.5, 0.6) is 0 Å². The molecule has 1 spiro atoms. The largest absolute Gasteiger partial charge is 0.381 e. The highest BCUT2D eigenvalue weighted by Crippen LogP contribution is 2.45. The second-order valence-electron chi connectivity index (χ2n) is 6.85. The summed E-state index contributed by atoms with van der Waals surface area (Å²) in [7, 11) is 0. The number of aryl methyl sites for hydroxylation is 1. The second-order valence-corrected chi connectivity index (χ2v) is 7.85. The van der Waals surface area contributed by atoms with E-state index in [0.29, 0.717) is 11.3 Å². The van der Waals surface area contributed by atoms with Gasteiger partial charge >= 0.3 is 0 Å². The molecular formula is C18H29NO2S. The lowest BCUT2D eigenvalue weighted by atomic mass is 9.66. The summed E-state index contributed by atoms with van der Waals surface area (Å²) in [6.45, 7) is 11.4. The maximum Gasteiger partial charge on any atom is 0.0521 e. The predicted molar refractivity (Wildman–Crippen MR) is 91.4 cm³/mol. The molecule has 1 atom stereocenters. The smallest absolute Gasteiger partial charge is 0.0521 e. The standard InChI is InChI=1S/C18H29NO2S/c1-3-20-13-16-14-21-10-7-18(16)5-8-19(9-6-18)12-17-15(2)4-11-22-17/h4,11,16H,3,5-10,12-14H2,1-2H3/t16-/m0/s1. The van der Waals surface area contributed by atoms with E-state index in [-0.39, 0.29) is 0 Å². The molecule has 2 aliphatic rings. The van der Waals surface area contributed by atoms with Gasteiger partial charge < -0.3 is 9.47 Å². The molecule has 0 aromatic carbocycles. The Bertz CT molecular complexity index is 465. The van der Waals surface area contributed by atoms with Crippen LogP contribution < -0.4 is 0 Å². The molecule has 0 N–H and O–H groups in total. The molecule has 1 aromatic rings. The normalized spacial score (nSPS) is 25.6. The molecule has 2 saturated heterocycles. The first-order chi connectivity index (χ1) is 10.7. The zero-order chi connectivity index (χ0) is 15.4. The van der Waals surface area contributed by atoms with Crippen LogP contribution in [-0.2, 0) is 16.0 Å². The highest BCUT2D eigenvalue weighted by molar-refractivity contribution is 7.10. The van der Waals surface area contributed by atoms with Gasteiger partial charge in [-0.2, -0.15) is 0 Å². The summed E-state index contributed by atoms with van der Waals surface area (Å²) in [6.07, 6.45) is 3.83. The number of nitrogens with zero attached hydrogens (tertiary/aromatic N) is 1. The molecule has 3 nitrogen and oxygen atoms in total. The molecule has 1 aromatic heterocycles. The van der Waals surface area contributed by atoms with E-state index in [1.54, 1.807) is 0 Å². The molecular weight excluding hydrogens is 294 g/mol. The van der Waals surface area contributed by atoms with Crippen LogP contribution in [0, 0.1) is 18.3 Å². The van der Waals surface area contributed by atoms with Gasteiger partial charge in [-0.15, -0.1) is 11.3 Å². The molecule has 0 amide bonds. The van der Waals surface area contributed by atoms with Crippen molar-refractivity contribution in [2.24, 2.45) is 11.3 Å².